The lowest BCUT2D eigenvalue weighted by Crippen LogP contribution is -2.15. The van der Waals surface area contributed by atoms with Gasteiger partial charge in [0.15, 0.2) is 0 Å². The molecule has 0 aliphatic carbocycles. The monoisotopic (exact) mass is 280 g/mol. The van der Waals surface area contributed by atoms with E-state index in [1.165, 1.54) is 0 Å². The van der Waals surface area contributed by atoms with Crippen molar-refractivity contribution in [3.63, 3.8) is 0 Å². The Kier molecular flexibility index (Phi) is 4.57. The van der Waals surface area contributed by atoms with Crippen LogP contribution in [0.15, 0.2) is 42.5 Å². The molecule has 2 aromatic carbocycles. The lowest BCUT2D eigenvalue weighted by molar-refractivity contribution is -0.115. The number of nitrogens with zero attached hydrogens (tertiary/aromatic N) is 1. The van der Waals surface area contributed by atoms with Crippen molar-refractivity contribution in [2.75, 3.05) is 12.4 Å². The second-order valence-electron chi connectivity index (χ2n) is 4.71. The van der Waals surface area contributed by atoms with Gasteiger partial charge in [0.25, 0.3) is 0 Å². The summed E-state index contributed by atoms with van der Waals surface area (Å²) in [6.45, 7) is 1.89. The molecular formula is C17H16N2O2. The van der Waals surface area contributed by atoms with Crippen LogP contribution in [-0.4, -0.2) is 13.0 Å². The predicted molar refractivity (Wildman–Crippen MR) is 81.2 cm³/mol. The minimum Gasteiger partial charge on any atom is -0.497 e. The topological polar surface area (TPSA) is 62.1 Å². The van der Waals surface area contributed by atoms with Gasteiger partial charge in [-0.3, -0.25) is 4.79 Å². The molecule has 2 rings (SSSR count). The van der Waals surface area contributed by atoms with E-state index >= 15 is 0 Å². The van der Waals surface area contributed by atoms with Crippen molar-refractivity contribution >= 4 is 11.6 Å². The van der Waals surface area contributed by atoms with Crippen molar-refractivity contribution in [2.45, 2.75) is 13.3 Å². The minimum absolute atomic E-state index is 0.113. The number of ether oxygens (including phenoxy) is 1. The fourth-order valence-electron chi connectivity index (χ4n) is 1.95. The predicted octanol–water partition coefficient (Wildman–Crippen LogP) is 3.06. The number of carbonyl (C=O) groups excluding carboxylic acids is 1. The molecule has 0 aromatic heterocycles. The normalized spacial score (nSPS) is 9.76. The van der Waals surface area contributed by atoms with E-state index in [0.717, 1.165) is 16.9 Å². The van der Waals surface area contributed by atoms with E-state index in [1.807, 2.05) is 37.3 Å². The number of carbonyl (C=O) groups is 1. The molecule has 0 spiro atoms. The quantitative estimate of drug-likeness (QED) is 0.936. The van der Waals surface area contributed by atoms with Crippen molar-refractivity contribution in [1.29, 1.82) is 5.26 Å². The summed E-state index contributed by atoms with van der Waals surface area (Å²) in [5, 5.41) is 11.7. The summed E-state index contributed by atoms with van der Waals surface area (Å²) < 4.78 is 5.08. The Balaban J connectivity index is 2.06. The highest BCUT2D eigenvalue weighted by atomic mass is 16.5. The molecule has 106 valence electrons. The number of rotatable bonds is 4. The van der Waals surface area contributed by atoms with E-state index in [9.17, 15) is 4.79 Å². The summed E-state index contributed by atoms with van der Waals surface area (Å²) in [7, 11) is 1.60. The third-order valence-electron chi connectivity index (χ3n) is 3.16. The van der Waals surface area contributed by atoms with Gasteiger partial charge in [-0.1, -0.05) is 18.2 Å². The van der Waals surface area contributed by atoms with Gasteiger partial charge < -0.3 is 10.1 Å². The molecule has 1 N–H and O–H groups in total. The molecule has 0 fully saturated rings. The smallest absolute Gasteiger partial charge is 0.228 e. The average Bonchev–Trinajstić information content (AvgIpc) is 2.50. The highest BCUT2D eigenvalue weighted by molar-refractivity contribution is 5.93. The molecule has 4 heteroatoms. The van der Waals surface area contributed by atoms with Crippen LogP contribution < -0.4 is 10.1 Å². The SMILES string of the molecule is COc1ccc(CC(=O)Nc2cc(C#N)ccc2C)cc1. The summed E-state index contributed by atoms with van der Waals surface area (Å²) in [4.78, 5) is 12.1. The lowest BCUT2D eigenvalue weighted by Gasteiger charge is -2.09. The van der Waals surface area contributed by atoms with Crippen molar-refractivity contribution in [2.24, 2.45) is 0 Å². The van der Waals surface area contributed by atoms with E-state index in [-0.39, 0.29) is 12.3 Å². The second kappa shape index (κ2) is 6.58. The summed E-state index contributed by atoms with van der Waals surface area (Å²) in [5.74, 6) is 0.648. The number of anilines is 1. The van der Waals surface area contributed by atoms with Crippen molar-refractivity contribution in [3.05, 3.63) is 59.2 Å². The first-order valence-corrected chi connectivity index (χ1v) is 6.56. The van der Waals surface area contributed by atoms with Gasteiger partial charge in [0, 0.05) is 5.69 Å². The molecule has 0 aliphatic heterocycles. The van der Waals surface area contributed by atoms with Gasteiger partial charge in [0.2, 0.25) is 5.91 Å². The number of nitriles is 1. The zero-order valence-corrected chi connectivity index (χ0v) is 12.0. The van der Waals surface area contributed by atoms with Gasteiger partial charge in [0.1, 0.15) is 5.75 Å². The van der Waals surface area contributed by atoms with Gasteiger partial charge in [0.05, 0.1) is 25.2 Å². The van der Waals surface area contributed by atoms with E-state index in [4.69, 9.17) is 10.00 Å². The van der Waals surface area contributed by atoms with E-state index < -0.39 is 0 Å². The van der Waals surface area contributed by atoms with Gasteiger partial charge in [-0.05, 0) is 42.3 Å². The highest BCUT2D eigenvalue weighted by Gasteiger charge is 2.07. The van der Waals surface area contributed by atoms with Crippen LogP contribution in [0.5, 0.6) is 5.75 Å². The van der Waals surface area contributed by atoms with Crippen LogP contribution in [0, 0.1) is 18.3 Å². The van der Waals surface area contributed by atoms with Crippen LogP contribution in [0.4, 0.5) is 5.69 Å². The largest absolute Gasteiger partial charge is 0.497 e. The minimum atomic E-state index is -0.113. The zero-order chi connectivity index (χ0) is 15.2. The van der Waals surface area contributed by atoms with E-state index in [0.29, 0.717) is 11.3 Å². The van der Waals surface area contributed by atoms with E-state index in [1.54, 1.807) is 19.2 Å². The van der Waals surface area contributed by atoms with Crippen molar-refractivity contribution in [1.82, 2.24) is 0 Å². The Labute approximate surface area is 124 Å². The van der Waals surface area contributed by atoms with Crippen molar-refractivity contribution < 1.29 is 9.53 Å². The fraction of sp³-hybridized carbons (Fsp3) is 0.176. The molecule has 4 nitrogen and oxygen atoms in total. The van der Waals surface area contributed by atoms with Crippen molar-refractivity contribution in [3.8, 4) is 11.8 Å². The Hall–Kier alpha value is -2.80. The zero-order valence-electron chi connectivity index (χ0n) is 12.0. The number of hydrogen-bond acceptors (Lipinski definition) is 3. The molecule has 0 radical (unpaired) electrons. The molecule has 0 aliphatic rings. The number of hydrogen-bond donors (Lipinski definition) is 1. The Bertz CT molecular complexity index is 685. The maximum absolute atomic E-state index is 12.1. The molecule has 0 unspecified atom stereocenters. The molecular weight excluding hydrogens is 264 g/mol. The Morgan fingerprint density at radius 2 is 1.95 bits per heavy atom. The molecule has 0 saturated heterocycles. The van der Waals surface area contributed by atoms with Gasteiger partial charge in [-0.15, -0.1) is 0 Å². The molecule has 0 saturated carbocycles. The second-order valence-corrected chi connectivity index (χ2v) is 4.71. The number of benzene rings is 2. The fourth-order valence-corrected chi connectivity index (χ4v) is 1.95. The van der Waals surface area contributed by atoms with Crippen LogP contribution in [0.2, 0.25) is 0 Å². The average molecular weight is 280 g/mol. The van der Waals surface area contributed by atoms with Crippen LogP contribution >= 0.6 is 0 Å². The number of amides is 1. The van der Waals surface area contributed by atoms with Gasteiger partial charge >= 0.3 is 0 Å². The van der Waals surface area contributed by atoms with Crippen LogP contribution in [-0.2, 0) is 11.2 Å². The number of nitrogens with one attached hydrogen (secondary N) is 1. The summed E-state index contributed by atoms with van der Waals surface area (Å²) >= 11 is 0. The van der Waals surface area contributed by atoms with Gasteiger partial charge in [-0.25, -0.2) is 0 Å². The Morgan fingerprint density at radius 1 is 1.24 bits per heavy atom. The lowest BCUT2D eigenvalue weighted by atomic mass is 10.1. The van der Waals surface area contributed by atoms with Crippen LogP contribution in [0.1, 0.15) is 16.7 Å². The highest BCUT2D eigenvalue weighted by Crippen LogP contribution is 2.17. The van der Waals surface area contributed by atoms with Gasteiger partial charge in [-0.2, -0.15) is 5.26 Å². The molecule has 21 heavy (non-hydrogen) atoms. The summed E-state index contributed by atoms with van der Waals surface area (Å²) in [6.07, 6.45) is 0.278. The molecule has 2 aromatic rings. The molecule has 0 atom stereocenters. The molecule has 0 heterocycles. The van der Waals surface area contributed by atoms with E-state index in [2.05, 4.69) is 11.4 Å². The summed E-state index contributed by atoms with van der Waals surface area (Å²) in [5.41, 5.74) is 3.03. The van der Waals surface area contributed by atoms with Crippen LogP contribution in [0.3, 0.4) is 0 Å². The first-order chi connectivity index (χ1) is 10.1. The molecule has 1 amide bonds. The maximum Gasteiger partial charge on any atom is 0.228 e. The number of methoxy groups -OCH3 is 1. The number of aryl methyl sites for hydroxylation is 1. The third-order valence-corrected chi connectivity index (χ3v) is 3.16. The summed E-state index contributed by atoms with van der Waals surface area (Å²) in [6, 6.07) is 14.7. The standard InChI is InChI=1S/C17H16N2O2/c1-12-3-4-14(11-18)9-16(12)19-17(20)10-13-5-7-15(21-2)8-6-13/h3-9H,10H2,1-2H3,(H,19,20). The third kappa shape index (κ3) is 3.83. The van der Waals surface area contributed by atoms with Crippen LogP contribution in [0.25, 0.3) is 0 Å². The maximum atomic E-state index is 12.1. The first-order valence-electron chi connectivity index (χ1n) is 6.56. The first kappa shape index (κ1) is 14.6. The Morgan fingerprint density at radius 3 is 2.57 bits per heavy atom. The molecule has 0 bridgehead atoms.